The van der Waals surface area contributed by atoms with Crippen LogP contribution >= 0.6 is 0 Å². The van der Waals surface area contributed by atoms with E-state index in [1.54, 1.807) is 60.7 Å². The van der Waals surface area contributed by atoms with Crippen molar-refractivity contribution < 1.29 is 127 Å². The summed E-state index contributed by atoms with van der Waals surface area (Å²) in [5, 5.41) is 4.41. The third-order valence-electron chi connectivity index (χ3n) is 10.0. The second-order valence-corrected chi connectivity index (χ2v) is 15.3. The van der Waals surface area contributed by atoms with E-state index in [0.29, 0.717) is 17.2 Å². The number of methoxy groups -OCH3 is 2. The van der Waals surface area contributed by atoms with Crippen molar-refractivity contribution in [2.24, 2.45) is 0 Å². The molecule has 0 aliphatic heterocycles. The number of alkyl halides is 15. The van der Waals surface area contributed by atoms with E-state index >= 15 is 4.39 Å². The zero-order valence-electron chi connectivity index (χ0n) is 38.3. The highest BCUT2D eigenvalue weighted by Crippen LogP contribution is 2.63. The van der Waals surface area contributed by atoms with Gasteiger partial charge in [0.1, 0.15) is 30.5 Å². The van der Waals surface area contributed by atoms with Crippen molar-refractivity contribution in [2.75, 3.05) is 24.9 Å². The molecule has 0 bridgehead atoms. The molecule has 77 heavy (non-hydrogen) atoms. The van der Waals surface area contributed by atoms with Crippen molar-refractivity contribution >= 4 is 35.5 Å². The van der Waals surface area contributed by atoms with Crippen LogP contribution in [0.15, 0.2) is 127 Å². The highest BCUT2D eigenvalue weighted by atomic mass is 19.4. The van der Waals surface area contributed by atoms with Crippen LogP contribution in [0.4, 0.5) is 95.6 Å². The number of amides is 2. The first-order chi connectivity index (χ1) is 35.7. The summed E-state index contributed by atoms with van der Waals surface area (Å²) in [6.45, 7) is -0.629. The Hall–Kier alpha value is -8.47. The van der Waals surface area contributed by atoms with Crippen molar-refractivity contribution in [3.05, 3.63) is 149 Å². The Kier molecular flexibility index (Phi) is 17.6. The number of anilines is 2. The molecule has 5 rings (SSSR count). The minimum absolute atomic E-state index is 0.0263. The maximum Gasteiger partial charge on any atom is 0.460 e. The number of ether oxygens (including phenoxy) is 7. The van der Waals surface area contributed by atoms with Gasteiger partial charge in [-0.3, -0.25) is 10.6 Å². The van der Waals surface area contributed by atoms with Crippen molar-refractivity contribution in [3.63, 3.8) is 0 Å². The molecule has 0 saturated carbocycles. The van der Waals surface area contributed by atoms with Gasteiger partial charge in [-0.15, -0.1) is 0 Å². The lowest BCUT2D eigenvalue weighted by atomic mass is 9.91. The minimum Gasteiger partial charge on any atom is -0.497 e. The topological polar surface area (TPSA) is 157 Å². The molecule has 0 heterocycles. The Morgan fingerprint density at radius 3 is 1.19 bits per heavy atom. The first kappa shape index (κ1) is 59.4. The maximum absolute atomic E-state index is 15.2. The van der Waals surface area contributed by atoms with Crippen LogP contribution in [0.3, 0.4) is 0 Å². The summed E-state index contributed by atoms with van der Waals surface area (Å²) in [5.41, 5.74) is -2.24. The standard InChI is InChI=1S/C47H31F17N2O11/c1-71-28-13-15-33(31(20-28)65-39(69)73-22-24-9-5-3-6-10-24)76-37(67)26-17-27(38(68)77-34-16-14-29(72-2)21-32(34)66-40(70)74-23-25-11-7-4-8-12-25)19-30(18-26)75-36(49)35(48)41(50,51)42(52,53)43(54,55)44(56,57)45(58,59)46(60,61)47(62,63)64/h3-21H,22-23H2,1-2H3,(H,65,69)(H,66,70). The zero-order valence-corrected chi connectivity index (χ0v) is 38.3. The third kappa shape index (κ3) is 12.6. The SMILES string of the molecule is COc1ccc(OC(=O)c2cc(OC(F)=C(F)C(F)(F)C(F)(F)C(F)(F)C(F)(F)C(F)(F)C(F)(F)C(F)(F)F)cc(C(=O)Oc3ccc(OC)cc3NC(=O)OCc3ccccc3)c2)c(NC(=O)OCc2ccccc2)c1. The lowest BCUT2D eigenvalue weighted by Crippen LogP contribution is -2.72. The van der Waals surface area contributed by atoms with Crippen molar-refractivity contribution in [3.8, 4) is 28.7 Å². The molecule has 0 saturated heterocycles. The van der Waals surface area contributed by atoms with E-state index in [-0.39, 0.29) is 36.8 Å². The van der Waals surface area contributed by atoms with Gasteiger partial charge in [0.15, 0.2) is 11.5 Å². The molecule has 414 valence electrons. The number of allylic oxidation sites excluding steroid dienone is 1. The Morgan fingerprint density at radius 1 is 0.442 bits per heavy atom. The van der Waals surface area contributed by atoms with Crippen molar-refractivity contribution in [1.29, 1.82) is 0 Å². The minimum atomic E-state index is -8.86. The zero-order chi connectivity index (χ0) is 57.5. The summed E-state index contributed by atoms with van der Waals surface area (Å²) in [6, 6.07) is 18.9. The van der Waals surface area contributed by atoms with Crippen LogP contribution in [0, 0.1) is 0 Å². The highest BCUT2D eigenvalue weighted by Gasteiger charge is 2.94. The normalized spacial score (nSPS) is 12.9. The molecular weight excluding hydrogens is 1090 g/mol. The van der Waals surface area contributed by atoms with Gasteiger partial charge in [0.2, 0.25) is 5.83 Å². The largest absolute Gasteiger partial charge is 0.497 e. The second kappa shape index (κ2) is 22.8. The average molecular weight is 1120 g/mol. The van der Waals surface area contributed by atoms with Crippen LogP contribution in [0.1, 0.15) is 31.8 Å². The maximum atomic E-state index is 15.2. The Morgan fingerprint density at radius 2 is 0.818 bits per heavy atom. The van der Waals surface area contributed by atoms with Gasteiger partial charge < -0.3 is 33.2 Å². The van der Waals surface area contributed by atoms with Crippen molar-refractivity contribution in [1.82, 2.24) is 0 Å². The molecule has 2 amide bonds. The van der Waals surface area contributed by atoms with E-state index in [1.807, 2.05) is 0 Å². The number of benzene rings is 5. The van der Waals surface area contributed by atoms with E-state index in [1.165, 1.54) is 0 Å². The van der Waals surface area contributed by atoms with Gasteiger partial charge in [-0.2, -0.15) is 74.6 Å². The van der Waals surface area contributed by atoms with E-state index in [2.05, 4.69) is 15.4 Å². The molecule has 2 N–H and O–H groups in total. The summed E-state index contributed by atoms with van der Waals surface area (Å²) < 4.78 is 273. The second-order valence-electron chi connectivity index (χ2n) is 15.3. The monoisotopic (exact) mass is 1120 g/mol. The van der Waals surface area contributed by atoms with Gasteiger partial charge in [-0.05, 0) is 53.6 Å². The van der Waals surface area contributed by atoms with Gasteiger partial charge in [-0.1, -0.05) is 60.7 Å². The summed E-state index contributed by atoms with van der Waals surface area (Å²) >= 11 is 0. The lowest BCUT2D eigenvalue weighted by Gasteiger charge is -2.41. The fourth-order valence-corrected chi connectivity index (χ4v) is 5.97. The van der Waals surface area contributed by atoms with Crippen LogP contribution in [0.2, 0.25) is 0 Å². The molecule has 30 heteroatoms. The first-order valence-corrected chi connectivity index (χ1v) is 20.7. The quantitative estimate of drug-likeness (QED) is 0.0331. The summed E-state index contributed by atoms with van der Waals surface area (Å²) in [4.78, 5) is 53.0. The van der Waals surface area contributed by atoms with Gasteiger partial charge in [0.05, 0.1) is 36.7 Å². The molecule has 0 unspecified atom stereocenters. The predicted octanol–water partition coefficient (Wildman–Crippen LogP) is 13.5. The summed E-state index contributed by atoms with van der Waals surface area (Å²) in [7, 11) is 2.31. The van der Waals surface area contributed by atoms with Crippen LogP contribution in [-0.4, -0.2) is 80.1 Å². The van der Waals surface area contributed by atoms with Gasteiger partial charge in [0, 0.05) is 12.1 Å². The molecular formula is C47H31F17N2O11. The van der Waals surface area contributed by atoms with Crippen molar-refractivity contribution in [2.45, 2.75) is 54.9 Å². The molecule has 5 aromatic rings. The average Bonchev–Trinajstić information content (AvgIpc) is 3.37. The van der Waals surface area contributed by atoms with Crippen LogP contribution < -0.4 is 34.3 Å². The fourth-order valence-electron chi connectivity index (χ4n) is 5.97. The molecule has 0 radical (unpaired) electrons. The number of halogens is 17. The molecule has 5 aromatic carbocycles. The number of hydrogen-bond acceptors (Lipinski definition) is 11. The number of rotatable bonds is 20. The third-order valence-corrected chi connectivity index (χ3v) is 10.0. The fraction of sp³-hybridized carbons (Fsp3) is 0.234. The number of carbonyl (C=O) groups excluding carboxylic acids is 4. The molecule has 0 aliphatic carbocycles. The van der Waals surface area contributed by atoms with Gasteiger partial charge >= 0.3 is 71.8 Å². The van der Waals surface area contributed by atoms with E-state index < -0.39 is 117 Å². The van der Waals surface area contributed by atoms with Crippen LogP contribution in [0.25, 0.3) is 0 Å². The molecule has 0 atom stereocenters. The Labute approximate surface area is 420 Å². The summed E-state index contributed by atoms with van der Waals surface area (Å²) in [6.07, 6.45) is -10.3. The van der Waals surface area contributed by atoms with Crippen LogP contribution in [0.5, 0.6) is 28.7 Å². The number of carbonyl (C=O) groups is 4. The van der Waals surface area contributed by atoms with Crippen LogP contribution in [-0.2, 0) is 22.7 Å². The number of esters is 2. The van der Waals surface area contributed by atoms with Gasteiger partial charge in [0.25, 0.3) is 0 Å². The highest BCUT2D eigenvalue weighted by molar-refractivity contribution is 5.99. The number of hydrogen-bond donors (Lipinski definition) is 2. The Bertz CT molecular complexity index is 2860. The predicted molar refractivity (Wildman–Crippen MR) is 228 cm³/mol. The van der Waals surface area contributed by atoms with E-state index in [0.717, 1.165) is 50.6 Å². The lowest BCUT2D eigenvalue weighted by molar-refractivity contribution is -0.451. The molecule has 0 fully saturated rings. The van der Waals surface area contributed by atoms with E-state index in [4.69, 9.17) is 28.4 Å². The number of nitrogens with one attached hydrogen (secondary N) is 2. The molecule has 0 aromatic heterocycles. The molecule has 0 aliphatic rings. The summed E-state index contributed by atoms with van der Waals surface area (Å²) in [5.74, 6) is -62.7. The molecule has 13 nitrogen and oxygen atoms in total. The first-order valence-electron chi connectivity index (χ1n) is 20.7. The Balaban J connectivity index is 1.55. The smallest absolute Gasteiger partial charge is 0.460 e. The van der Waals surface area contributed by atoms with Gasteiger partial charge in [-0.25, -0.2) is 19.2 Å². The van der Waals surface area contributed by atoms with E-state index in [9.17, 15) is 89.4 Å². The molecule has 0 spiro atoms.